The number of nitrogens with one attached hydrogen (secondary N) is 1. The van der Waals surface area contributed by atoms with Gasteiger partial charge in [-0.15, -0.1) is 12.6 Å². The number of thiol groups is 1. The maximum Gasteiger partial charge on any atom is 0.202 e. The highest BCUT2D eigenvalue weighted by molar-refractivity contribution is 7.96. The Balaban J connectivity index is 2.31. The van der Waals surface area contributed by atoms with Gasteiger partial charge in [0.1, 0.15) is 0 Å². The Hall–Kier alpha value is -0.0200. The van der Waals surface area contributed by atoms with Gasteiger partial charge in [0.15, 0.2) is 0 Å². The molecule has 0 aromatic heterocycles. The van der Waals surface area contributed by atoms with E-state index in [0.29, 0.717) is 0 Å². The van der Waals surface area contributed by atoms with E-state index in [1.807, 2.05) is 0 Å². The number of carbonyl (C=O) groups is 1. The Bertz CT molecular complexity index is 110. The lowest BCUT2D eigenvalue weighted by molar-refractivity contribution is -0.113. The molecular weight excluding hydrogens is 134 g/mol. The summed E-state index contributed by atoms with van der Waals surface area (Å²) in [4.78, 5) is 10.6. The van der Waals surface area contributed by atoms with Gasteiger partial charge < -0.3 is 5.32 Å². The summed E-state index contributed by atoms with van der Waals surface area (Å²) in [7, 11) is 0. The summed E-state index contributed by atoms with van der Waals surface area (Å²) >= 11 is 3.74. The molecule has 0 amide bonds. The summed E-state index contributed by atoms with van der Waals surface area (Å²) < 4.78 is 0. The van der Waals surface area contributed by atoms with Crippen LogP contribution in [0.4, 0.5) is 0 Å². The molecule has 0 saturated carbocycles. The standard InChI is InChI=1S/C6H11NOS/c8-6(9)5-3-1-2-4-7-5/h5,7H,1-4H2,(H,8,9). The van der Waals surface area contributed by atoms with Gasteiger partial charge >= 0.3 is 0 Å². The lowest BCUT2D eigenvalue weighted by atomic mass is 10.1. The SMILES string of the molecule is O=C(S)C1CCCCN1. The van der Waals surface area contributed by atoms with Crippen molar-refractivity contribution in [3.05, 3.63) is 0 Å². The molecule has 0 aromatic rings. The molecular formula is C6H11NOS. The first-order valence-corrected chi connectivity index (χ1v) is 3.71. The van der Waals surface area contributed by atoms with Crippen molar-refractivity contribution in [3.63, 3.8) is 0 Å². The van der Waals surface area contributed by atoms with Gasteiger partial charge in [-0.25, -0.2) is 0 Å². The Morgan fingerprint density at radius 1 is 1.56 bits per heavy atom. The maximum atomic E-state index is 10.6. The van der Waals surface area contributed by atoms with Crippen molar-refractivity contribution in [1.82, 2.24) is 5.32 Å². The summed E-state index contributed by atoms with van der Waals surface area (Å²) in [6.45, 7) is 0.969. The van der Waals surface area contributed by atoms with E-state index < -0.39 is 0 Å². The van der Waals surface area contributed by atoms with Crippen molar-refractivity contribution in [3.8, 4) is 0 Å². The zero-order valence-corrected chi connectivity index (χ0v) is 6.16. The smallest absolute Gasteiger partial charge is 0.202 e. The number of hydrogen-bond acceptors (Lipinski definition) is 2. The zero-order chi connectivity index (χ0) is 6.69. The van der Waals surface area contributed by atoms with Gasteiger partial charge in [-0.2, -0.15) is 0 Å². The first-order valence-electron chi connectivity index (χ1n) is 3.27. The van der Waals surface area contributed by atoms with Crippen LogP contribution in [0.3, 0.4) is 0 Å². The second-order valence-corrected chi connectivity index (χ2v) is 2.78. The fraction of sp³-hybridized carbons (Fsp3) is 0.833. The molecule has 52 valence electrons. The third-order valence-corrected chi connectivity index (χ3v) is 1.92. The fourth-order valence-electron chi connectivity index (χ4n) is 1.06. The largest absolute Gasteiger partial charge is 0.307 e. The van der Waals surface area contributed by atoms with Crippen molar-refractivity contribution < 1.29 is 4.79 Å². The number of carbonyl (C=O) groups excluding carboxylic acids is 1. The fourth-order valence-corrected chi connectivity index (χ4v) is 1.28. The Morgan fingerprint density at radius 3 is 2.67 bits per heavy atom. The molecule has 1 aliphatic heterocycles. The van der Waals surface area contributed by atoms with Crippen LogP contribution in [0.1, 0.15) is 19.3 Å². The molecule has 0 aliphatic carbocycles. The van der Waals surface area contributed by atoms with Gasteiger partial charge in [0.05, 0.1) is 6.04 Å². The Labute approximate surface area is 60.4 Å². The molecule has 1 rings (SSSR count). The van der Waals surface area contributed by atoms with E-state index in [2.05, 4.69) is 17.9 Å². The van der Waals surface area contributed by atoms with Gasteiger partial charge in [0.25, 0.3) is 0 Å². The molecule has 0 bridgehead atoms. The molecule has 1 N–H and O–H groups in total. The molecule has 9 heavy (non-hydrogen) atoms. The van der Waals surface area contributed by atoms with E-state index in [1.165, 1.54) is 6.42 Å². The van der Waals surface area contributed by atoms with Gasteiger partial charge in [0, 0.05) is 0 Å². The monoisotopic (exact) mass is 145 g/mol. The van der Waals surface area contributed by atoms with Crippen LogP contribution in [-0.4, -0.2) is 17.7 Å². The molecule has 2 nitrogen and oxygen atoms in total. The molecule has 1 atom stereocenters. The van der Waals surface area contributed by atoms with E-state index >= 15 is 0 Å². The Morgan fingerprint density at radius 2 is 2.33 bits per heavy atom. The summed E-state index contributed by atoms with van der Waals surface area (Å²) in [5.74, 6) is 0. The predicted octanol–water partition coefficient (Wildman–Crippen LogP) is 0.585. The molecule has 1 unspecified atom stereocenters. The van der Waals surface area contributed by atoms with E-state index in [4.69, 9.17) is 0 Å². The number of piperidine rings is 1. The van der Waals surface area contributed by atoms with Crippen LogP contribution in [0.5, 0.6) is 0 Å². The summed E-state index contributed by atoms with van der Waals surface area (Å²) in [5.41, 5.74) is 0. The highest BCUT2D eigenvalue weighted by Gasteiger charge is 2.16. The highest BCUT2D eigenvalue weighted by atomic mass is 32.1. The molecule has 0 spiro atoms. The third-order valence-electron chi connectivity index (χ3n) is 1.61. The molecule has 1 heterocycles. The summed E-state index contributed by atoms with van der Waals surface area (Å²) in [6.07, 6.45) is 3.31. The average molecular weight is 145 g/mol. The topological polar surface area (TPSA) is 29.1 Å². The normalized spacial score (nSPS) is 27.9. The van der Waals surface area contributed by atoms with E-state index in [-0.39, 0.29) is 11.2 Å². The lowest BCUT2D eigenvalue weighted by Gasteiger charge is -2.19. The van der Waals surface area contributed by atoms with Crippen molar-refractivity contribution in [2.75, 3.05) is 6.54 Å². The van der Waals surface area contributed by atoms with E-state index in [9.17, 15) is 4.79 Å². The van der Waals surface area contributed by atoms with Crippen molar-refractivity contribution in [2.24, 2.45) is 0 Å². The van der Waals surface area contributed by atoms with Gasteiger partial charge in [-0.1, -0.05) is 6.42 Å². The van der Waals surface area contributed by atoms with Crippen LogP contribution in [-0.2, 0) is 4.79 Å². The molecule has 1 fully saturated rings. The molecule has 0 radical (unpaired) electrons. The average Bonchev–Trinajstić information content (AvgIpc) is 1.90. The zero-order valence-electron chi connectivity index (χ0n) is 5.26. The molecule has 3 heteroatoms. The first-order chi connectivity index (χ1) is 4.30. The van der Waals surface area contributed by atoms with Gasteiger partial charge in [-0.3, -0.25) is 4.79 Å². The molecule has 0 aromatic carbocycles. The van der Waals surface area contributed by atoms with Crippen molar-refractivity contribution in [2.45, 2.75) is 25.3 Å². The minimum Gasteiger partial charge on any atom is -0.307 e. The summed E-state index contributed by atoms with van der Waals surface area (Å²) in [6, 6.07) is 0.0297. The number of hydrogen-bond donors (Lipinski definition) is 2. The van der Waals surface area contributed by atoms with Crippen LogP contribution in [0, 0.1) is 0 Å². The van der Waals surface area contributed by atoms with Crippen molar-refractivity contribution >= 4 is 17.7 Å². The van der Waals surface area contributed by atoms with Crippen LogP contribution in [0.15, 0.2) is 0 Å². The Kier molecular flexibility index (Phi) is 2.54. The second-order valence-electron chi connectivity index (χ2n) is 2.34. The van der Waals surface area contributed by atoms with E-state index in [1.54, 1.807) is 0 Å². The first kappa shape index (κ1) is 7.09. The van der Waals surface area contributed by atoms with Gasteiger partial charge in [0.2, 0.25) is 5.12 Å². The molecule has 1 saturated heterocycles. The van der Waals surface area contributed by atoms with Crippen molar-refractivity contribution in [1.29, 1.82) is 0 Å². The van der Waals surface area contributed by atoms with E-state index in [0.717, 1.165) is 19.4 Å². The molecule has 1 aliphatic rings. The summed E-state index contributed by atoms with van der Waals surface area (Å²) in [5, 5.41) is 3.07. The minimum atomic E-state index is -0.0188. The predicted molar refractivity (Wildman–Crippen MR) is 39.6 cm³/mol. The minimum absolute atomic E-state index is 0.0188. The number of rotatable bonds is 1. The maximum absolute atomic E-state index is 10.6. The van der Waals surface area contributed by atoms with Gasteiger partial charge in [-0.05, 0) is 19.4 Å². The van der Waals surface area contributed by atoms with Crippen LogP contribution in [0.25, 0.3) is 0 Å². The highest BCUT2D eigenvalue weighted by Crippen LogP contribution is 2.08. The second kappa shape index (κ2) is 3.22. The van der Waals surface area contributed by atoms with Crippen LogP contribution >= 0.6 is 12.6 Å². The lowest BCUT2D eigenvalue weighted by Crippen LogP contribution is -2.38. The third kappa shape index (κ3) is 1.99. The van der Waals surface area contributed by atoms with Crippen LogP contribution < -0.4 is 5.32 Å². The quantitative estimate of drug-likeness (QED) is 0.529. The van der Waals surface area contributed by atoms with Crippen LogP contribution in [0.2, 0.25) is 0 Å².